The quantitative estimate of drug-likeness (QED) is 0.563. The average Bonchev–Trinajstić information content (AvgIpc) is 2.80. The second-order valence-electron chi connectivity index (χ2n) is 7.67. The molecular formula is C23H23F2N5O3. The molecule has 1 aliphatic rings. The Bertz CT molecular complexity index is 1110. The third kappa shape index (κ3) is 5.76. The number of halogens is 2. The number of ether oxygens (including phenoxy) is 2. The number of hydrogen-bond acceptors (Lipinski definition) is 7. The molecule has 1 atom stereocenters. The summed E-state index contributed by atoms with van der Waals surface area (Å²) in [5.41, 5.74) is 0.767. The molecule has 1 aliphatic carbocycles. The summed E-state index contributed by atoms with van der Waals surface area (Å²) in [6.45, 7) is 2.34. The van der Waals surface area contributed by atoms with Gasteiger partial charge in [0.1, 0.15) is 5.75 Å². The normalized spacial score (nSPS) is 17.2. The molecule has 172 valence electrons. The fourth-order valence-corrected chi connectivity index (χ4v) is 3.58. The van der Waals surface area contributed by atoms with Crippen LogP contribution in [0.25, 0.3) is 11.4 Å². The predicted octanol–water partition coefficient (Wildman–Crippen LogP) is 4.43. The summed E-state index contributed by atoms with van der Waals surface area (Å²) in [6, 6.07) is 4.63. The topological polar surface area (TPSA) is 99.1 Å². The number of alkyl halides is 2. The van der Waals surface area contributed by atoms with Crippen molar-refractivity contribution in [3.8, 4) is 28.8 Å². The first kappa shape index (κ1) is 22.5. The summed E-state index contributed by atoms with van der Waals surface area (Å²) in [6.07, 6.45) is 7.82. The monoisotopic (exact) mass is 455 g/mol. The summed E-state index contributed by atoms with van der Waals surface area (Å²) >= 11 is 0. The van der Waals surface area contributed by atoms with Gasteiger partial charge in [0.05, 0.1) is 18.4 Å². The van der Waals surface area contributed by atoms with Gasteiger partial charge in [-0.05, 0) is 38.0 Å². The summed E-state index contributed by atoms with van der Waals surface area (Å²) in [4.78, 5) is 29.2. The van der Waals surface area contributed by atoms with Crippen LogP contribution in [0.4, 0.5) is 8.78 Å². The van der Waals surface area contributed by atoms with Gasteiger partial charge in [0.15, 0.2) is 11.6 Å². The molecule has 4 rings (SSSR count). The first-order valence-electron chi connectivity index (χ1n) is 10.7. The van der Waals surface area contributed by atoms with Crippen molar-refractivity contribution >= 4 is 5.91 Å². The molecular weight excluding hydrogens is 432 g/mol. The summed E-state index contributed by atoms with van der Waals surface area (Å²) < 4.78 is 38.5. The zero-order valence-corrected chi connectivity index (χ0v) is 18.0. The van der Waals surface area contributed by atoms with Crippen LogP contribution in [0.3, 0.4) is 0 Å². The van der Waals surface area contributed by atoms with Crippen LogP contribution in [0.2, 0.25) is 0 Å². The van der Waals surface area contributed by atoms with Crippen LogP contribution in [-0.4, -0.2) is 44.4 Å². The molecule has 0 bridgehead atoms. The molecule has 1 amide bonds. The number of nitrogens with one attached hydrogen (secondary N) is 1. The summed E-state index contributed by atoms with van der Waals surface area (Å²) in [7, 11) is 0. The van der Waals surface area contributed by atoms with Gasteiger partial charge in [-0.1, -0.05) is 0 Å². The van der Waals surface area contributed by atoms with E-state index in [1.54, 1.807) is 30.6 Å². The van der Waals surface area contributed by atoms with E-state index in [1.807, 2.05) is 6.92 Å². The smallest absolute Gasteiger partial charge is 0.262 e. The molecule has 3 aromatic rings. The van der Waals surface area contributed by atoms with Gasteiger partial charge in [-0.25, -0.2) is 23.7 Å². The number of aromatic nitrogens is 4. The van der Waals surface area contributed by atoms with Gasteiger partial charge < -0.3 is 14.8 Å². The lowest BCUT2D eigenvalue weighted by Crippen LogP contribution is -2.42. The fourth-order valence-electron chi connectivity index (χ4n) is 3.58. The maximum Gasteiger partial charge on any atom is 0.262 e. The van der Waals surface area contributed by atoms with Gasteiger partial charge in [-0.3, -0.25) is 9.78 Å². The first-order chi connectivity index (χ1) is 15.9. The Balaban J connectivity index is 1.44. The molecule has 1 fully saturated rings. The number of nitrogens with zero attached hydrogens (tertiary/aromatic N) is 4. The lowest BCUT2D eigenvalue weighted by Gasteiger charge is -2.29. The van der Waals surface area contributed by atoms with Crippen molar-refractivity contribution in [3.63, 3.8) is 0 Å². The van der Waals surface area contributed by atoms with E-state index in [2.05, 4.69) is 25.3 Å². The lowest BCUT2D eigenvalue weighted by atomic mass is 9.92. The maximum atomic E-state index is 13.6. The summed E-state index contributed by atoms with van der Waals surface area (Å²) in [5, 5.41) is 2.65. The second kappa shape index (κ2) is 9.85. The molecule has 0 spiro atoms. The lowest BCUT2D eigenvalue weighted by molar-refractivity contribution is -0.0429. The number of pyridine rings is 2. The molecule has 1 saturated carbocycles. The van der Waals surface area contributed by atoms with Crippen LogP contribution < -0.4 is 14.8 Å². The van der Waals surface area contributed by atoms with E-state index < -0.39 is 17.9 Å². The Morgan fingerprint density at radius 3 is 2.79 bits per heavy atom. The van der Waals surface area contributed by atoms with E-state index in [9.17, 15) is 13.6 Å². The van der Waals surface area contributed by atoms with Gasteiger partial charge in [-0.15, -0.1) is 0 Å². The predicted molar refractivity (Wildman–Crippen MR) is 115 cm³/mol. The van der Waals surface area contributed by atoms with Crippen molar-refractivity contribution in [3.05, 3.63) is 54.7 Å². The number of carbonyl (C=O) groups excluding carboxylic acids is 1. The van der Waals surface area contributed by atoms with Crippen LogP contribution in [0.5, 0.6) is 17.4 Å². The molecule has 1 N–H and O–H groups in total. The fraction of sp³-hybridized carbons (Fsp3) is 0.348. The van der Waals surface area contributed by atoms with Crippen molar-refractivity contribution < 1.29 is 23.0 Å². The minimum absolute atomic E-state index is 0.138. The molecule has 33 heavy (non-hydrogen) atoms. The highest BCUT2D eigenvalue weighted by Crippen LogP contribution is 2.33. The third-order valence-electron chi connectivity index (χ3n) is 5.11. The van der Waals surface area contributed by atoms with Crippen molar-refractivity contribution in [1.29, 1.82) is 0 Å². The van der Waals surface area contributed by atoms with Crippen LogP contribution in [0.15, 0.2) is 49.2 Å². The summed E-state index contributed by atoms with van der Waals surface area (Å²) in [5.74, 6) is -1.66. The Morgan fingerprint density at radius 2 is 2.03 bits per heavy atom. The minimum atomic E-state index is -2.74. The van der Waals surface area contributed by atoms with Gasteiger partial charge in [0, 0.05) is 49.2 Å². The van der Waals surface area contributed by atoms with Gasteiger partial charge in [0.25, 0.3) is 11.8 Å². The van der Waals surface area contributed by atoms with Crippen LogP contribution >= 0.6 is 0 Å². The van der Waals surface area contributed by atoms with Crippen molar-refractivity contribution in [2.75, 3.05) is 6.61 Å². The molecule has 10 heteroatoms. The Morgan fingerprint density at radius 1 is 1.21 bits per heavy atom. The van der Waals surface area contributed by atoms with Crippen LogP contribution in [0, 0.1) is 0 Å². The minimum Gasteiger partial charge on any atom is -0.488 e. The standard InChI is InChI=1S/C23H23F2N5O3/c1-2-32-19-6-4-8-27-22(19)33-18-9-15(11-26-14-18)20-28-12-16(13-29-20)21(31)30-17-5-3-7-23(24,25)10-17/h4,6,8-9,11-14,17H,2-3,5,7,10H2,1H3,(H,30,31)/t17-/m1/s1. The third-order valence-corrected chi connectivity index (χ3v) is 5.11. The Labute approximate surface area is 189 Å². The largest absolute Gasteiger partial charge is 0.488 e. The number of rotatable bonds is 7. The van der Waals surface area contributed by atoms with E-state index in [-0.39, 0.29) is 18.4 Å². The SMILES string of the molecule is CCOc1cccnc1Oc1cncc(-c2ncc(C(=O)N[C@@H]3CCCC(F)(F)C3)cn2)c1. The van der Waals surface area contributed by atoms with E-state index >= 15 is 0 Å². The molecule has 0 aliphatic heterocycles. The average molecular weight is 455 g/mol. The van der Waals surface area contributed by atoms with Crippen molar-refractivity contribution in [2.45, 2.75) is 44.6 Å². The van der Waals surface area contributed by atoms with E-state index in [0.717, 1.165) is 0 Å². The molecule has 0 radical (unpaired) electrons. The first-order valence-corrected chi connectivity index (χ1v) is 10.7. The Kier molecular flexibility index (Phi) is 6.71. The molecule has 3 heterocycles. The molecule has 0 unspecified atom stereocenters. The van der Waals surface area contributed by atoms with Gasteiger partial charge >= 0.3 is 0 Å². The highest BCUT2D eigenvalue weighted by atomic mass is 19.3. The number of carbonyl (C=O) groups is 1. The molecule has 0 saturated heterocycles. The molecule has 8 nitrogen and oxygen atoms in total. The molecule has 0 aromatic carbocycles. The van der Waals surface area contributed by atoms with E-state index in [1.165, 1.54) is 18.6 Å². The molecule has 3 aromatic heterocycles. The van der Waals surface area contributed by atoms with Crippen LogP contribution in [-0.2, 0) is 0 Å². The van der Waals surface area contributed by atoms with Gasteiger partial charge in [-0.2, -0.15) is 0 Å². The number of amides is 1. The Hall–Kier alpha value is -3.69. The highest BCUT2D eigenvalue weighted by Gasteiger charge is 2.36. The highest BCUT2D eigenvalue weighted by molar-refractivity contribution is 5.93. The van der Waals surface area contributed by atoms with Crippen molar-refractivity contribution in [1.82, 2.24) is 25.3 Å². The van der Waals surface area contributed by atoms with Gasteiger partial charge in [0.2, 0.25) is 5.92 Å². The maximum absolute atomic E-state index is 13.6. The second-order valence-corrected chi connectivity index (χ2v) is 7.67. The van der Waals surface area contributed by atoms with Crippen molar-refractivity contribution in [2.24, 2.45) is 0 Å². The van der Waals surface area contributed by atoms with E-state index in [0.29, 0.717) is 48.2 Å². The number of hydrogen-bond donors (Lipinski definition) is 1. The van der Waals surface area contributed by atoms with E-state index in [4.69, 9.17) is 9.47 Å². The zero-order chi connectivity index (χ0) is 23.3. The van der Waals surface area contributed by atoms with Crippen LogP contribution in [0.1, 0.15) is 43.0 Å². The zero-order valence-electron chi connectivity index (χ0n) is 18.0.